The number of methoxy groups -OCH3 is 1. The van der Waals surface area contributed by atoms with Gasteiger partial charge in [0.1, 0.15) is 5.54 Å². The maximum Gasteiger partial charge on any atom is 0.326 e. The van der Waals surface area contributed by atoms with Crippen molar-refractivity contribution in [2.45, 2.75) is 64.1 Å². The van der Waals surface area contributed by atoms with Gasteiger partial charge in [0.05, 0.1) is 13.2 Å². The lowest BCUT2D eigenvalue weighted by atomic mass is 9.94. The van der Waals surface area contributed by atoms with Crippen molar-refractivity contribution in [2.24, 2.45) is 0 Å². The Morgan fingerprint density at radius 2 is 2.05 bits per heavy atom. The van der Waals surface area contributed by atoms with Gasteiger partial charge in [-0.15, -0.1) is 0 Å². The Morgan fingerprint density at radius 1 is 1.35 bits per heavy atom. The third kappa shape index (κ3) is 2.43. The van der Waals surface area contributed by atoms with Crippen LogP contribution >= 0.6 is 0 Å². The number of piperidine rings is 1. The van der Waals surface area contributed by atoms with E-state index in [9.17, 15) is 9.59 Å². The molecule has 0 unspecified atom stereocenters. The van der Waals surface area contributed by atoms with E-state index in [1.165, 1.54) is 7.11 Å². The molecule has 0 aromatic carbocycles. The van der Waals surface area contributed by atoms with Gasteiger partial charge in [0.15, 0.2) is 0 Å². The number of likely N-dealkylation sites (tertiary alicyclic amines) is 2. The number of esters is 1. The highest BCUT2D eigenvalue weighted by molar-refractivity contribution is 5.86. The van der Waals surface area contributed by atoms with E-state index in [2.05, 4.69) is 4.90 Å². The summed E-state index contributed by atoms with van der Waals surface area (Å²) in [7, 11) is 1.42. The number of hydrogen-bond acceptors (Lipinski definition) is 4. The van der Waals surface area contributed by atoms with Crippen LogP contribution in [0.5, 0.6) is 0 Å². The van der Waals surface area contributed by atoms with E-state index in [0.29, 0.717) is 0 Å². The van der Waals surface area contributed by atoms with Crippen molar-refractivity contribution in [3.63, 3.8) is 0 Å². The number of hydrogen-bond donors (Lipinski definition) is 0. The molecule has 20 heavy (non-hydrogen) atoms. The van der Waals surface area contributed by atoms with E-state index in [-0.39, 0.29) is 24.0 Å². The smallest absolute Gasteiger partial charge is 0.326 e. The number of carbonyl (C=O) groups is 2. The fourth-order valence-corrected chi connectivity index (χ4v) is 3.60. The molecule has 2 saturated heterocycles. The van der Waals surface area contributed by atoms with Gasteiger partial charge in [-0.1, -0.05) is 0 Å². The van der Waals surface area contributed by atoms with Gasteiger partial charge in [-0.2, -0.15) is 0 Å². The summed E-state index contributed by atoms with van der Waals surface area (Å²) in [5.41, 5.74) is -0.644. The molecule has 0 aromatic rings. The van der Waals surface area contributed by atoms with E-state index >= 15 is 0 Å². The Labute approximate surface area is 121 Å². The summed E-state index contributed by atoms with van der Waals surface area (Å²) in [5.74, 6) is -0.0484. The molecule has 5 nitrogen and oxygen atoms in total. The molecule has 2 rings (SSSR count). The van der Waals surface area contributed by atoms with E-state index in [1.807, 2.05) is 25.7 Å². The van der Waals surface area contributed by atoms with Crippen LogP contribution in [-0.4, -0.2) is 59.5 Å². The minimum Gasteiger partial charge on any atom is -0.468 e. The summed E-state index contributed by atoms with van der Waals surface area (Å²) in [6.45, 7) is 7.63. The first-order valence-corrected chi connectivity index (χ1v) is 7.57. The molecule has 2 aliphatic rings. The standard InChI is InChI=1S/C15H26N2O3/c1-11(2)16-9-5-7-12(13(16)18)17-10-6-8-15(17,3)14(19)20-4/h11-12H,5-10H2,1-4H3/t12-,15+/m0/s1. The average Bonchev–Trinajstić information content (AvgIpc) is 2.81. The molecule has 0 N–H and O–H groups in total. The molecular formula is C15H26N2O3. The van der Waals surface area contributed by atoms with Gasteiger partial charge in [-0.05, 0) is 46.5 Å². The summed E-state index contributed by atoms with van der Waals surface area (Å²) in [6.07, 6.45) is 3.55. The maximum absolute atomic E-state index is 12.7. The second-order valence-electron chi connectivity index (χ2n) is 6.35. The SMILES string of the molecule is COC(=O)[C@@]1(C)CCCN1[C@H]1CCCN(C(C)C)C1=O. The van der Waals surface area contributed by atoms with Crippen LogP contribution < -0.4 is 0 Å². The Hall–Kier alpha value is -1.10. The molecular weight excluding hydrogens is 256 g/mol. The highest BCUT2D eigenvalue weighted by atomic mass is 16.5. The van der Waals surface area contributed by atoms with Gasteiger partial charge < -0.3 is 9.64 Å². The first-order valence-electron chi connectivity index (χ1n) is 7.57. The largest absolute Gasteiger partial charge is 0.468 e. The molecule has 0 bridgehead atoms. The minimum absolute atomic E-state index is 0.169. The quantitative estimate of drug-likeness (QED) is 0.735. The van der Waals surface area contributed by atoms with Gasteiger partial charge in [-0.3, -0.25) is 14.5 Å². The van der Waals surface area contributed by atoms with Crippen molar-refractivity contribution in [1.29, 1.82) is 0 Å². The Morgan fingerprint density at radius 3 is 2.65 bits per heavy atom. The van der Waals surface area contributed by atoms with Crippen molar-refractivity contribution in [1.82, 2.24) is 9.80 Å². The zero-order valence-corrected chi connectivity index (χ0v) is 13.0. The summed E-state index contributed by atoms with van der Waals surface area (Å²) < 4.78 is 4.96. The highest BCUT2D eigenvalue weighted by Gasteiger charge is 2.50. The second-order valence-corrected chi connectivity index (χ2v) is 6.35. The van der Waals surface area contributed by atoms with Gasteiger partial charge >= 0.3 is 5.97 Å². The lowest BCUT2D eigenvalue weighted by Crippen LogP contribution is -2.60. The Kier molecular flexibility index (Phi) is 4.37. The Balaban J connectivity index is 2.21. The van der Waals surface area contributed by atoms with Crippen LogP contribution in [0.2, 0.25) is 0 Å². The number of rotatable bonds is 3. The van der Waals surface area contributed by atoms with Crippen molar-refractivity contribution in [3.05, 3.63) is 0 Å². The highest BCUT2D eigenvalue weighted by Crippen LogP contribution is 2.35. The van der Waals surface area contributed by atoms with Crippen molar-refractivity contribution in [2.75, 3.05) is 20.2 Å². The van der Waals surface area contributed by atoms with Crippen LogP contribution in [0.1, 0.15) is 46.5 Å². The molecule has 0 saturated carbocycles. The number of carbonyl (C=O) groups excluding carboxylic acids is 2. The van der Waals surface area contributed by atoms with E-state index in [4.69, 9.17) is 4.74 Å². The molecule has 0 radical (unpaired) electrons. The van der Waals surface area contributed by atoms with E-state index in [0.717, 1.165) is 38.8 Å². The molecule has 2 aliphatic heterocycles. The molecule has 0 aliphatic carbocycles. The fourth-order valence-electron chi connectivity index (χ4n) is 3.60. The lowest BCUT2D eigenvalue weighted by molar-refractivity contribution is -0.158. The van der Waals surface area contributed by atoms with Crippen LogP contribution in [0.4, 0.5) is 0 Å². The molecule has 0 aromatic heterocycles. The first kappa shape index (κ1) is 15.3. The predicted octanol–water partition coefficient (Wildman–Crippen LogP) is 1.41. The normalized spacial score (nSPS) is 31.9. The van der Waals surface area contributed by atoms with Gasteiger partial charge in [0.25, 0.3) is 0 Å². The minimum atomic E-state index is -0.644. The van der Waals surface area contributed by atoms with Crippen LogP contribution in [0.25, 0.3) is 0 Å². The van der Waals surface area contributed by atoms with Crippen LogP contribution in [-0.2, 0) is 14.3 Å². The van der Waals surface area contributed by atoms with Gasteiger partial charge in [0, 0.05) is 19.1 Å². The van der Waals surface area contributed by atoms with Crippen LogP contribution in [0, 0.1) is 0 Å². The topological polar surface area (TPSA) is 49.9 Å². The van der Waals surface area contributed by atoms with Crippen LogP contribution in [0.15, 0.2) is 0 Å². The molecule has 2 fully saturated rings. The van der Waals surface area contributed by atoms with Crippen molar-refractivity contribution in [3.8, 4) is 0 Å². The van der Waals surface area contributed by atoms with E-state index < -0.39 is 5.54 Å². The Bertz CT molecular complexity index is 397. The van der Waals surface area contributed by atoms with Crippen molar-refractivity contribution < 1.29 is 14.3 Å². The van der Waals surface area contributed by atoms with Crippen LogP contribution in [0.3, 0.4) is 0 Å². The molecule has 5 heteroatoms. The monoisotopic (exact) mass is 282 g/mol. The summed E-state index contributed by atoms with van der Waals surface area (Å²) >= 11 is 0. The average molecular weight is 282 g/mol. The van der Waals surface area contributed by atoms with Gasteiger partial charge in [-0.25, -0.2) is 0 Å². The molecule has 2 heterocycles. The molecule has 114 valence electrons. The van der Waals surface area contributed by atoms with E-state index in [1.54, 1.807) is 0 Å². The third-order valence-corrected chi connectivity index (χ3v) is 4.77. The van der Waals surface area contributed by atoms with Crippen molar-refractivity contribution >= 4 is 11.9 Å². The fraction of sp³-hybridized carbons (Fsp3) is 0.867. The van der Waals surface area contributed by atoms with Gasteiger partial charge in [0.2, 0.25) is 5.91 Å². The second kappa shape index (κ2) is 5.72. The molecule has 0 spiro atoms. The first-order chi connectivity index (χ1) is 9.41. The lowest BCUT2D eigenvalue weighted by Gasteiger charge is -2.43. The number of nitrogens with zero attached hydrogens (tertiary/aromatic N) is 2. The zero-order valence-electron chi connectivity index (χ0n) is 13.0. The molecule has 2 atom stereocenters. The summed E-state index contributed by atoms with van der Waals surface area (Å²) in [5, 5.41) is 0. The predicted molar refractivity (Wildman–Crippen MR) is 76.2 cm³/mol. The summed E-state index contributed by atoms with van der Waals surface area (Å²) in [6, 6.07) is 0.0510. The number of ether oxygens (including phenoxy) is 1. The third-order valence-electron chi connectivity index (χ3n) is 4.77. The summed E-state index contributed by atoms with van der Waals surface area (Å²) in [4.78, 5) is 28.8. The number of amides is 1. The maximum atomic E-state index is 12.7. The molecule has 1 amide bonds. The zero-order chi connectivity index (χ0) is 14.9.